The number of rotatable bonds is 3. The summed E-state index contributed by atoms with van der Waals surface area (Å²) in [5, 5.41) is 2.25. The number of nitrogens with zero attached hydrogens (tertiary/aromatic N) is 1. The van der Waals surface area contributed by atoms with Gasteiger partial charge in [-0.15, -0.1) is 0 Å². The summed E-state index contributed by atoms with van der Waals surface area (Å²) in [6, 6.07) is 16.5. The first kappa shape index (κ1) is 19.4. The van der Waals surface area contributed by atoms with Crippen LogP contribution < -0.4 is 10.2 Å². The number of amides is 3. The molecule has 4 rings (SSSR count). The van der Waals surface area contributed by atoms with E-state index in [9.17, 15) is 27.6 Å². The fourth-order valence-corrected chi connectivity index (χ4v) is 3.22. The zero-order valence-electron chi connectivity index (χ0n) is 15.2. The van der Waals surface area contributed by atoms with Crippen molar-refractivity contribution < 1.29 is 27.6 Å². The number of para-hydroxylation sites is 1. The number of halogens is 3. The number of anilines is 2. The molecule has 3 aromatic rings. The monoisotopic (exact) mass is 410 g/mol. The lowest BCUT2D eigenvalue weighted by atomic mass is 10.1. The lowest BCUT2D eigenvalue weighted by molar-refractivity contribution is -0.136. The second-order valence-corrected chi connectivity index (χ2v) is 6.54. The van der Waals surface area contributed by atoms with E-state index in [2.05, 4.69) is 5.32 Å². The van der Waals surface area contributed by atoms with Gasteiger partial charge in [0.25, 0.3) is 17.7 Å². The van der Waals surface area contributed by atoms with Crippen molar-refractivity contribution in [2.24, 2.45) is 0 Å². The molecule has 1 aliphatic rings. The van der Waals surface area contributed by atoms with Gasteiger partial charge in [-0.05, 0) is 48.5 Å². The van der Waals surface area contributed by atoms with Crippen LogP contribution in [0, 0.1) is 0 Å². The molecule has 0 radical (unpaired) electrons. The summed E-state index contributed by atoms with van der Waals surface area (Å²) in [4.78, 5) is 38.4. The Hall–Kier alpha value is -3.94. The Labute approximate surface area is 168 Å². The van der Waals surface area contributed by atoms with Gasteiger partial charge < -0.3 is 5.32 Å². The number of fused-ring (bicyclic) bond motifs is 1. The molecule has 0 bridgehead atoms. The van der Waals surface area contributed by atoms with Crippen LogP contribution in [0.5, 0.6) is 0 Å². The number of nitrogens with one attached hydrogen (secondary N) is 1. The molecule has 0 fully saturated rings. The normalized spacial score (nSPS) is 13.4. The van der Waals surface area contributed by atoms with Crippen LogP contribution in [0.25, 0.3) is 0 Å². The molecule has 0 aromatic heterocycles. The van der Waals surface area contributed by atoms with Crippen LogP contribution in [0.4, 0.5) is 24.5 Å². The van der Waals surface area contributed by atoms with Gasteiger partial charge in [-0.3, -0.25) is 14.4 Å². The van der Waals surface area contributed by atoms with Gasteiger partial charge in [-0.2, -0.15) is 13.2 Å². The predicted molar refractivity (Wildman–Crippen MR) is 103 cm³/mol. The number of benzene rings is 3. The maximum absolute atomic E-state index is 13.1. The Bertz CT molecular complexity index is 1140. The van der Waals surface area contributed by atoms with Gasteiger partial charge in [-0.25, -0.2) is 4.90 Å². The molecule has 0 saturated heterocycles. The molecule has 1 N–H and O–H groups in total. The SMILES string of the molecule is O=C(Nc1ccccc1C(F)(F)F)c1ccc(N2C(=O)c3ccccc3C2=O)cc1. The minimum Gasteiger partial charge on any atom is -0.321 e. The second-order valence-electron chi connectivity index (χ2n) is 6.54. The zero-order chi connectivity index (χ0) is 21.5. The highest BCUT2D eigenvalue weighted by atomic mass is 19.4. The third-order valence-electron chi connectivity index (χ3n) is 4.66. The standard InChI is InChI=1S/C22H13F3N2O3/c23-22(24,25)17-7-3-4-8-18(17)26-19(28)13-9-11-14(12-10-13)27-20(29)15-5-1-2-6-16(15)21(27)30/h1-12H,(H,26,28). The van der Waals surface area contributed by atoms with Crippen LogP contribution in [0.3, 0.4) is 0 Å². The van der Waals surface area contributed by atoms with Gasteiger partial charge >= 0.3 is 6.18 Å². The molecule has 3 aromatic carbocycles. The smallest absolute Gasteiger partial charge is 0.321 e. The molecule has 5 nitrogen and oxygen atoms in total. The van der Waals surface area contributed by atoms with Crippen LogP contribution in [-0.4, -0.2) is 17.7 Å². The van der Waals surface area contributed by atoms with Crippen molar-refractivity contribution in [2.75, 3.05) is 10.2 Å². The van der Waals surface area contributed by atoms with Gasteiger partial charge in [0.05, 0.1) is 28.1 Å². The first-order valence-electron chi connectivity index (χ1n) is 8.83. The van der Waals surface area contributed by atoms with Crippen molar-refractivity contribution in [1.29, 1.82) is 0 Å². The van der Waals surface area contributed by atoms with Gasteiger partial charge in [0.15, 0.2) is 0 Å². The fraction of sp³-hybridized carbons (Fsp3) is 0.0455. The van der Waals surface area contributed by atoms with Crippen LogP contribution in [-0.2, 0) is 6.18 Å². The topological polar surface area (TPSA) is 66.5 Å². The Kier molecular flexibility index (Phi) is 4.62. The van der Waals surface area contributed by atoms with Gasteiger partial charge in [0.1, 0.15) is 0 Å². The summed E-state index contributed by atoms with van der Waals surface area (Å²) in [5.74, 6) is -1.71. The van der Waals surface area contributed by atoms with E-state index in [-0.39, 0.29) is 28.1 Å². The van der Waals surface area contributed by atoms with E-state index in [1.807, 2.05) is 0 Å². The molecule has 0 spiro atoms. The molecule has 30 heavy (non-hydrogen) atoms. The molecule has 8 heteroatoms. The van der Waals surface area contributed by atoms with Gasteiger partial charge in [0, 0.05) is 5.56 Å². The largest absolute Gasteiger partial charge is 0.418 e. The van der Waals surface area contributed by atoms with Crippen molar-refractivity contribution in [3.63, 3.8) is 0 Å². The van der Waals surface area contributed by atoms with Crippen LogP contribution in [0.1, 0.15) is 36.6 Å². The minimum atomic E-state index is -4.61. The zero-order valence-corrected chi connectivity index (χ0v) is 15.2. The predicted octanol–water partition coefficient (Wildman–Crippen LogP) is 4.76. The summed E-state index contributed by atoms with van der Waals surface area (Å²) in [6.45, 7) is 0. The Morgan fingerprint density at radius 1 is 0.767 bits per heavy atom. The first-order valence-corrected chi connectivity index (χ1v) is 8.83. The van der Waals surface area contributed by atoms with Gasteiger partial charge in [-0.1, -0.05) is 24.3 Å². The van der Waals surface area contributed by atoms with E-state index < -0.39 is 29.5 Å². The van der Waals surface area contributed by atoms with Crippen molar-refractivity contribution in [2.45, 2.75) is 6.18 Å². The van der Waals surface area contributed by atoms with E-state index in [0.717, 1.165) is 17.0 Å². The Morgan fingerprint density at radius 3 is 1.87 bits per heavy atom. The quantitative estimate of drug-likeness (QED) is 0.634. The van der Waals surface area contributed by atoms with E-state index in [1.54, 1.807) is 24.3 Å². The van der Waals surface area contributed by atoms with Crippen molar-refractivity contribution in [1.82, 2.24) is 0 Å². The molecule has 0 unspecified atom stereocenters. The fourth-order valence-electron chi connectivity index (χ4n) is 3.22. The maximum atomic E-state index is 13.1. The highest BCUT2D eigenvalue weighted by Gasteiger charge is 2.36. The lowest BCUT2D eigenvalue weighted by Gasteiger charge is -2.15. The number of carbonyl (C=O) groups is 3. The molecule has 150 valence electrons. The molecule has 0 atom stereocenters. The minimum absolute atomic E-state index is 0.0762. The third kappa shape index (κ3) is 3.32. The number of imide groups is 1. The second kappa shape index (κ2) is 7.14. The summed E-state index contributed by atoms with van der Waals surface area (Å²) < 4.78 is 39.3. The third-order valence-corrected chi connectivity index (χ3v) is 4.66. The van der Waals surface area contributed by atoms with Crippen LogP contribution in [0.2, 0.25) is 0 Å². The van der Waals surface area contributed by atoms with Crippen LogP contribution in [0.15, 0.2) is 72.8 Å². The molecule has 1 heterocycles. The van der Waals surface area contributed by atoms with E-state index in [0.29, 0.717) is 0 Å². The van der Waals surface area contributed by atoms with Crippen molar-refractivity contribution in [3.8, 4) is 0 Å². The summed E-state index contributed by atoms with van der Waals surface area (Å²) in [7, 11) is 0. The van der Waals surface area contributed by atoms with Gasteiger partial charge in [0.2, 0.25) is 0 Å². The van der Waals surface area contributed by atoms with Crippen molar-refractivity contribution in [3.05, 3.63) is 95.1 Å². The summed E-state index contributed by atoms with van der Waals surface area (Å²) >= 11 is 0. The highest BCUT2D eigenvalue weighted by Crippen LogP contribution is 2.35. The van der Waals surface area contributed by atoms with E-state index >= 15 is 0 Å². The Balaban J connectivity index is 1.56. The molecule has 3 amide bonds. The average molecular weight is 410 g/mol. The number of alkyl halides is 3. The molecule has 0 saturated carbocycles. The summed E-state index contributed by atoms with van der Waals surface area (Å²) in [5.41, 5.74) is -0.414. The number of hydrogen-bond acceptors (Lipinski definition) is 3. The van der Waals surface area contributed by atoms with Crippen LogP contribution >= 0.6 is 0 Å². The van der Waals surface area contributed by atoms with Crippen molar-refractivity contribution >= 4 is 29.1 Å². The van der Waals surface area contributed by atoms with E-state index in [1.165, 1.54) is 36.4 Å². The first-order chi connectivity index (χ1) is 14.3. The van der Waals surface area contributed by atoms with E-state index in [4.69, 9.17) is 0 Å². The molecule has 1 aliphatic heterocycles. The maximum Gasteiger partial charge on any atom is 0.418 e. The average Bonchev–Trinajstić information content (AvgIpc) is 2.98. The lowest BCUT2D eigenvalue weighted by Crippen LogP contribution is -2.29. The molecular formula is C22H13F3N2O3. The molecule has 0 aliphatic carbocycles. The highest BCUT2D eigenvalue weighted by molar-refractivity contribution is 6.34. The number of hydrogen-bond donors (Lipinski definition) is 1. The molecular weight excluding hydrogens is 397 g/mol. The number of carbonyl (C=O) groups excluding carboxylic acids is 3. The summed E-state index contributed by atoms with van der Waals surface area (Å²) in [6.07, 6.45) is -4.61. The Morgan fingerprint density at radius 2 is 1.30 bits per heavy atom.